The third-order valence-electron chi connectivity index (χ3n) is 3.11. The number of benzene rings is 1. The maximum Gasteiger partial charge on any atom is 0.267 e. The van der Waals surface area contributed by atoms with Gasteiger partial charge in [-0.25, -0.2) is 9.88 Å². The van der Waals surface area contributed by atoms with Gasteiger partial charge in [-0.15, -0.1) is 0 Å². The van der Waals surface area contributed by atoms with Crippen molar-refractivity contribution < 1.29 is 9.59 Å². The predicted octanol–water partition coefficient (Wildman–Crippen LogP) is 2.48. The molecule has 3 rings (SSSR count). The minimum absolute atomic E-state index is 0.292. The van der Waals surface area contributed by atoms with Crippen LogP contribution >= 0.6 is 15.9 Å². The fourth-order valence-corrected chi connectivity index (χ4v) is 2.46. The number of aromatic nitrogens is 2. The van der Waals surface area contributed by atoms with Gasteiger partial charge in [0.1, 0.15) is 0 Å². The standard InChI is InChI=1S/C14H10BrN3O2/c1-8-12(16-7-9(6-15)17-8)18-13(19)10-4-2-3-5-11(10)14(18)20/h2-5,7H,6H2,1H3. The highest BCUT2D eigenvalue weighted by molar-refractivity contribution is 9.08. The van der Waals surface area contributed by atoms with Gasteiger partial charge in [-0.3, -0.25) is 14.6 Å². The monoisotopic (exact) mass is 331 g/mol. The smallest absolute Gasteiger partial charge is 0.267 e. The zero-order valence-electron chi connectivity index (χ0n) is 10.6. The molecule has 0 aliphatic carbocycles. The van der Waals surface area contributed by atoms with Gasteiger partial charge in [-0.05, 0) is 19.1 Å². The molecule has 0 saturated heterocycles. The third-order valence-corrected chi connectivity index (χ3v) is 3.69. The van der Waals surface area contributed by atoms with Crippen molar-refractivity contribution in [2.24, 2.45) is 0 Å². The van der Waals surface area contributed by atoms with Gasteiger partial charge >= 0.3 is 0 Å². The van der Waals surface area contributed by atoms with Crippen LogP contribution in [0.25, 0.3) is 0 Å². The summed E-state index contributed by atoms with van der Waals surface area (Å²) in [6.45, 7) is 1.73. The molecule has 20 heavy (non-hydrogen) atoms. The van der Waals surface area contributed by atoms with Crippen molar-refractivity contribution in [3.05, 3.63) is 53.0 Å². The van der Waals surface area contributed by atoms with Gasteiger partial charge in [0.15, 0.2) is 5.82 Å². The number of nitrogens with zero attached hydrogens (tertiary/aromatic N) is 3. The first-order valence-electron chi connectivity index (χ1n) is 5.99. The minimum Gasteiger partial charge on any atom is -0.268 e. The van der Waals surface area contributed by atoms with Crippen LogP contribution in [-0.4, -0.2) is 21.8 Å². The van der Waals surface area contributed by atoms with E-state index in [1.54, 1.807) is 37.4 Å². The van der Waals surface area contributed by atoms with Crippen LogP contribution in [0.2, 0.25) is 0 Å². The number of amides is 2. The maximum atomic E-state index is 12.3. The van der Waals surface area contributed by atoms with E-state index in [9.17, 15) is 9.59 Å². The molecule has 1 aromatic carbocycles. The number of halogens is 1. The molecule has 6 heteroatoms. The van der Waals surface area contributed by atoms with Crippen LogP contribution < -0.4 is 4.90 Å². The number of aryl methyl sites for hydroxylation is 1. The lowest BCUT2D eigenvalue weighted by Crippen LogP contribution is -2.31. The first kappa shape index (κ1) is 12.9. The van der Waals surface area contributed by atoms with Gasteiger partial charge < -0.3 is 0 Å². The molecule has 0 spiro atoms. The highest BCUT2D eigenvalue weighted by Gasteiger charge is 2.38. The topological polar surface area (TPSA) is 63.2 Å². The Kier molecular flexibility index (Phi) is 3.10. The Hall–Kier alpha value is -2.08. The second kappa shape index (κ2) is 4.79. The third kappa shape index (κ3) is 1.84. The molecule has 1 aromatic heterocycles. The summed E-state index contributed by atoms with van der Waals surface area (Å²) in [5.41, 5.74) is 2.12. The average Bonchev–Trinajstić information content (AvgIpc) is 2.72. The molecule has 2 aromatic rings. The molecule has 0 bridgehead atoms. The summed E-state index contributed by atoms with van der Waals surface area (Å²) in [6.07, 6.45) is 1.56. The van der Waals surface area contributed by atoms with Crippen molar-refractivity contribution in [2.75, 3.05) is 4.90 Å². The van der Waals surface area contributed by atoms with Crippen molar-refractivity contribution in [3.63, 3.8) is 0 Å². The van der Waals surface area contributed by atoms with Gasteiger partial charge in [-0.1, -0.05) is 28.1 Å². The molecule has 1 aliphatic heterocycles. The van der Waals surface area contributed by atoms with E-state index in [1.807, 2.05) is 0 Å². The van der Waals surface area contributed by atoms with E-state index >= 15 is 0 Å². The molecule has 0 unspecified atom stereocenters. The molecule has 1 aliphatic rings. The Bertz CT molecular complexity index is 695. The lowest BCUT2D eigenvalue weighted by atomic mass is 10.1. The summed E-state index contributed by atoms with van der Waals surface area (Å²) in [5.74, 6) is -0.412. The number of hydrogen-bond donors (Lipinski definition) is 0. The number of carbonyl (C=O) groups excluding carboxylic acids is 2. The van der Waals surface area contributed by atoms with E-state index < -0.39 is 0 Å². The average molecular weight is 332 g/mol. The molecule has 0 fully saturated rings. The van der Waals surface area contributed by atoms with E-state index in [4.69, 9.17) is 0 Å². The number of imide groups is 1. The number of hydrogen-bond acceptors (Lipinski definition) is 4. The second-order valence-corrected chi connectivity index (χ2v) is 4.96. The number of alkyl halides is 1. The lowest BCUT2D eigenvalue weighted by molar-refractivity contribution is 0.0924. The molecule has 5 nitrogen and oxygen atoms in total. The Morgan fingerprint density at radius 1 is 1.15 bits per heavy atom. The normalized spacial score (nSPS) is 13.8. The van der Waals surface area contributed by atoms with E-state index in [2.05, 4.69) is 25.9 Å². The van der Waals surface area contributed by atoms with E-state index in [0.717, 1.165) is 10.6 Å². The molecule has 0 saturated carbocycles. The highest BCUT2D eigenvalue weighted by Crippen LogP contribution is 2.28. The van der Waals surface area contributed by atoms with Gasteiger partial charge in [0.05, 0.1) is 28.7 Å². The molecule has 0 atom stereocenters. The Morgan fingerprint density at radius 2 is 1.75 bits per heavy atom. The summed E-state index contributed by atoms with van der Waals surface area (Å²) < 4.78 is 0. The lowest BCUT2D eigenvalue weighted by Gasteiger charge is -2.14. The van der Waals surface area contributed by atoms with Crippen LogP contribution in [0.1, 0.15) is 32.1 Å². The van der Waals surface area contributed by atoms with Gasteiger partial charge in [0.2, 0.25) is 0 Å². The van der Waals surface area contributed by atoms with Crippen LogP contribution in [0.5, 0.6) is 0 Å². The van der Waals surface area contributed by atoms with E-state index in [-0.39, 0.29) is 11.8 Å². The molecule has 100 valence electrons. The molecule has 0 radical (unpaired) electrons. The van der Waals surface area contributed by atoms with Crippen molar-refractivity contribution >= 4 is 33.6 Å². The van der Waals surface area contributed by atoms with Crippen molar-refractivity contribution in [1.82, 2.24) is 9.97 Å². The fourth-order valence-electron chi connectivity index (χ4n) is 2.19. The van der Waals surface area contributed by atoms with E-state index in [0.29, 0.717) is 28.0 Å². The van der Waals surface area contributed by atoms with Crippen LogP contribution in [0.4, 0.5) is 5.82 Å². The molecular formula is C14H10BrN3O2. The Morgan fingerprint density at radius 3 is 2.25 bits per heavy atom. The minimum atomic E-state index is -0.352. The summed E-state index contributed by atoms with van der Waals surface area (Å²) in [6, 6.07) is 6.76. The number of fused-ring (bicyclic) bond motifs is 1. The van der Waals surface area contributed by atoms with E-state index in [1.165, 1.54) is 0 Å². The summed E-state index contributed by atoms with van der Waals surface area (Å²) >= 11 is 3.30. The van der Waals surface area contributed by atoms with Crippen LogP contribution in [0.15, 0.2) is 30.5 Å². The number of anilines is 1. The fraction of sp³-hybridized carbons (Fsp3) is 0.143. The van der Waals surface area contributed by atoms with Crippen LogP contribution in [0, 0.1) is 6.92 Å². The first-order valence-corrected chi connectivity index (χ1v) is 7.12. The maximum absolute atomic E-state index is 12.3. The molecule has 0 N–H and O–H groups in total. The van der Waals surface area contributed by atoms with Gasteiger partial charge in [-0.2, -0.15) is 0 Å². The van der Waals surface area contributed by atoms with Crippen molar-refractivity contribution in [3.8, 4) is 0 Å². The first-order chi connectivity index (χ1) is 9.63. The number of rotatable bonds is 2. The predicted molar refractivity (Wildman–Crippen MR) is 77.0 cm³/mol. The van der Waals surface area contributed by atoms with Crippen molar-refractivity contribution in [2.45, 2.75) is 12.3 Å². The SMILES string of the molecule is Cc1nc(CBr)cnc1N1C(=O)c2ccccc2C1=O. The van der Waals surface area contributed by atoms with Crippen LogP contribution in [0.3, 0.4) is 0 Å². The molecule has 2 heterocycles. The highest BCUT2D eigenvalue weighted by atomic mass is 79.9. The Balaban J connectivity index is 2.09. The zero-order valence-corrected chi connectivity index (χ0v) is 12.2. The van der Waals surface area contributed by atoms with Gasteiger partial charge in [0.25, 0.3) is 11.8 Å². The Labute approximate surface area is 123 Å². The number of carbonyl (C=O) groups is 2. The van der Waals surface area contributed by atoms with Gasteiger partial charge in [0, 0.05) is 5.33 Å². The molecule has 2 amide bonds. The summed E-state index contributed by atoms with van der Waals surface area (Å²) in [7, 11) is 0. The summed E-state index contributed by atoms with van der Waals surface area (Å²) in [4.78, 5) is 34.3. The largest absolute Gasteiger partial charge is 0.268 e. The summed E-state index contributed by atoms with van der Waals surface area (Å²) in [5, 5.41) is 0.573. The second-order valence-electron chi connectivity index (χ2n) is 4.40. The zero-order chi connectivity index (χ0) is 14.3. The quantitative estimate of drug-likeness (QED) is 0.626. The molecular weight excluding hydrogens is 322 g/mol. The van der Waals surface area contributed by atoms with Crippen molar-refractivity contribution in [1.29, 1.82) is 0 Å². The van der Waals surface area contributed by atoms with Crippen LogP contribution in [-0.2, 0) is 5.33 Å².